The predicted molar refractivity (Wildman–Crippen MR) is 56.5 cm³/mol. The average molecular weight is 197 g/mol. The minimum absolute atomic E-state index is 0.0214. The molecule has 0 bridgehead atoms. The first-order valence-electron chi connectivity index (χ1n) is 5.04. The smallest absolute Gasteiger partial charge is 0.276 e. The quantitative estimate of drug-likeness (QED) is 0.725. The van der Waals surface area contributed by atoms with E-state index in [-0.39, 0.29) is 17.3 Å². The molecule has 0 aliphatic heterocycles. The second kappa shape index (κ2) is 3.59. The summed E-state index contributed by atoms with van der Waals surface area (Å²) in [5.74, 6) is 0. The van der Waals surface area contributed by atoms with Gasteiger partial charge < -0.3 is 0 Å². The lowest BCUT2D eigenvalue weighted by molar-refractivity contribution is 0.370. The van der Waals surface area contributed by atoms with Crippen LogP contribution < -0.4 is 5.69 Å². The summed E-state index contributed by atoms with van der Waals surface area (Å²) in [6.07, 6.45) is 2.54. The van der Waals surface area contributed by atoms with Crippen LogP contribution in [0.3, 0.4) is 0 Å². The Labute approximate surface area is 84.5 Å². The highest BCUT2D eigenvalue weighted by atomic mass is 16.2. The van der Waals surface area contributed by atoms with Crippen LogP contribution in [0.4, 0.5) is 0 Å². The van der Waals surface area contributed by atoms with E-state index in [0.717, 1.165) is 6.42 Å². The lowest BCUT2D eigenvalue weighted by Crippen LogP contribution is -2.35. The molecule has 0 aliphatic rings. The van der Waals surface area contributed by atoms with E-state index < -0.39 is 0 Å². The predicted octanol–water partition coefficient (Wildman–Crippen LogP) is 1.77. The molecule has 4 nitrogen and oxygen atoms in total. The summed E-state index contributed by atoms with van der Waals surface area (Å²) in [7, 11) is 0. The van der Waals surface area contributed by atoms with Gasteiger partial charge in [0.25, 0.3) is 0 Å². The maximum atomic E-state index is 11.9. The summed E-state index contributed by atoms with van der Waals surface area (Å²) < 4.78 is 3.21. The Bertz CT molecular complexity index is 356. The Morgan fingerprint density at radius 1 is 1.50 bits per heavy atom. The van der Waals surface area contributed by atoms with E-state index in [1.807, 2.05) is 34.6 Å². The van der Waals surface area contributed by atoms with Crippen molar-refractivity contribution in [2.75, 3.05) is 0 Å². The summed E-state index contributed by atoms with van der Waals surface area (Å²) in [5.41, 5.74) is -0.213. The topological polar surface area (TPSA) is 39.8 Å². The molecule has 0 aromatic carbocycles. The summed E-state index contributed by atoms with van der Waals surface area (Å²) >= 11 is 0. The van der Waals surface area contributed by atoms with Crippen molar-refractivity contribution in [3.8, 4) is 0 Å². The molecular formula is C10H19N3O. The molecule has 0 spiro atoms. The first-order valence-corrected chi connectivity index (χ1v) is 5.04. The van der Waals surface area contributed by atoms with Crippen LogP contribution in [-0.4, -0.2) is 14.3 Å². The molecule has 0 N–H and O–H groups in total. The zero-order valence-corrected chi connectivity index (χ0v) is 9.61. The summed E-state index contributed by atoms with van der Waals surface area (Å²) in [5, 5.41) is 4.12. The Balaban J connectivity index is 3.16. The zero-order chi connectivity index (χ0) is 10.9. The fourth-order valence-electron chi connectivity index (χ4n) is 1.25. The first kappa shape index (κ1) is 11.0. The maximum Gasteiger partial charge on any atom is 0.346 e. The van der Waals surface area contributed by atoms with Gasteiger partial charge in [0, 0.05) is 5.54 Å². The average Bonchev–Trinajstić information content (AvgIpc) is 2.45. The highest BCUT2D eigenvalue weighted by Crippen LogP contribution is 2.11. The van der Waals surface area contributed by atoms with E-state index in [4.69, 9.17) is 0 Å². The van der Waals surface area contributed by atoms with Crippen molar-refractivity contribution in [2.24, 2.45) is 0 Å². The van der Waals surface area contributed by atoms with Gasteiger partial charge in [-0.3, -0.25) is 4.57 Å². The number of rotatable bonds is 2. The van der Waals surface area contributed by atoms with Crippen molar-refractivity contribution in [3.63, 3.8) is 0 Å². The number of aromatic nitrogens is 3. The van der Waals surface area contributed by atoms with Gasteiger partial charge in [-0.2, -0.15) is 5.10 Å². The molecule has 0 radical (unpaired) electrons. The van der Waals surface area contributed by atoms with Crippen LogP contribution in [0.5, 0.6) is 0 Å². The molecule has 1 heterocycles. The minimum atomic E-state index is -0.192. The van der Waals surface area contributed by atoms with E-state index in [0.29, 0.717) is 0 Å². The monoisotopic (exact) mass is 197 g/mol. The second-order valence-corrected chi connectivity index (χ2v) is 4.66. The molecule has 1 rings (SSSR count). The van der Waals surface area contributed by atoms with Gasteiger partial charge in [-0.15, -0.1) is 0 Å². The van der Waals surface area contributed by atoms with Gasteiger partial charge in [0.15, 0.2) is 0 Å². The van der Waals surface area contributed by atoms with Crippen molar-refractivity contribution in [1.82, 2.24) is 14.3 Å². The molecule has 1 aromatic rings. The molecule has 0 amide bonds. The Morgan fingerprint density at radius 3 is 2.43 bits per heavy atom. The normalized spacial score (nSPS) is 14.4. The van der Waals surface area contributed by atoms with Crippen LogP contribution in [-0.2, 0) is 5.54 Å². The van der Waals surface area contributed by atoms with Crippen LogP contribution in [0, 0.1) is 0 Å². The molecule has 0 aliphatic carbocycles. The molecule has 1 unspecified atom stereocenters. The molecule has 0 fully saturated rings. The third-order valence-electron chi connectivity index (χ3n) is 2.42. The molecule has 1 atom stereocenters. The third kappa shape index (κ3) is 1.89. The van der Waals surface area contributed by atoms with Crippen LogP contribution in [0.25, 0.3) is 0 Å². The molecular weight excluding hydrogens is 178 g/mol. The summed E-state index contributed by atoms with van der Waals surface area (Å²) in [4.78, 5) is 11.9. The highest BCUT2D eigenvalue weighted by Gasteiger charge is 2.19. The van der Waals surface area contributed by atoms with Gasteiger partial charge in [0.2, 0.25) is 0 Å². The largest absolute Gasteiger partial charge is 0.346 e. The molecule has 0 saturated heterocycles. The standard InChI is InChI=1S/C10H19N3O/c1-6-8(2)13-9(14)12(7-11-13)10(3,4)5/h7-8H,6H2,1-5H3. The van der Waals surface area contributed by atoms with Gasteiger partial charge in [0.1, 0.15) is 6.33 Å². The second-order valence-electron chi connectivity index (χ2n) is 4.66. The van der Waals surface area contributed by atoms with Gasteiger partial charge in [0.05, 0.1) is 6.04 Å². The van der Waals surface area contributed by atoms with Crippen molar-refractivity contribution < 1.29 is 0 Å². The minimum Gasteiger partial charge on any atom is -0.276 e. The highest BCUT2D eigenvalue weighted by molar-refractivity contribution is 4.80. The number of hydrogen-bond acceptors (Lipinski definition) is 2. The number of hydrogen-bond donors (Lipinski definition) is 0. The molecule has 4 heteroatoms. The SMILES string of the molecule is CCC(C)n1ncn(C(C)(C)C)c1=O. The van der Waals surface area contributed by atoms with Crippen LogP contribution in [0.2, 0.25) is 0 Å². The van der Waals surface area contributed by atoms with Gasteiger partial charge in [-0.25, -0.2) is 9.48 Å². The Kier molecular flexibility index (Phi) is 2.83. The zero-order valence-electron chi connectivity index (χ0n) is 9.61. The van der Waals surface area contributed by atoms with Crippen molar-refractivity contribution in [1.29, 1.82) is 0 Å². The van der Waals surface area contributed by atoms with E-state index in [1.54, 1.807) is 15.6 Å². The summed E-state index contributed by atoms with van der Waals surface area (Å²) in [6, 6.07) is 0.172. The molecule has 80 valence electrons. The maximum absolute atomic E-state index is 11.9. The van der Waals surface area contributed by atoms with Gasteiger partial charge >= 0.3 is 5.69 Å². The van der Waals surface area contributed by atoms with E-state index in [1.165, 1.54) is 0 Å². The van der Waals surface area contributed by atoms with Crippen molar-refractivity contribution in [3.05, 3.63) is 16.8 Å². The van der Waals surface area contributed by atoms with Crippen molar-refractivity contribution in [2.45, 2.75) is 52.6 Å². The summed E-state index contributed by atoms with van der Waals surface area (Å²) in [6.45, 7) is 10.0. The van der Waals surface area contributed by atoms with Crippen LogP contribution in [0.1, 0.15) is 47.1 Å². The number of nitrogens with zero attached hydrogens (tertiary/aromatic N) is 3. The fourth-order valence-corrected chi connectivity index (χ4v) is 1.25. The Hall–Kier alpha value is -1.06. The van der Waals surface area contributed by atoms with Crippen LogP contribution >= 0.6 is 0 Å². The van der Waals surface area contributed by atoms with E-state index in [2.05, 4.69) is 5.10 Å². The molecule has 14 heavy (non-hydrogen) atoms. The Morgan fingerprint density at radius 2 is 2.07 bits per heavy atom. The van der Waals surface area contributed by atoms with E-state index >= 15 is 0 Å². The first-order chi connectivity index (χ1) is 6.38. The van der Waals surface area contributed by atoms with E-state index in [9.17, 15) is 4.79 Å². The molecule has 1 aromatic heterocycles. The molecule has 0 saturated carbocycles. The van der Waals surface area contributed by atoms with Crippen LogP contribution in [0.15, 0.2) is 11.1 Å². The fraction of sp³-hybridized carbons (Fsp3) is 0.800. The lowest BCUT2D eigenvalue weighted by Gasteiger charge is -2.18. The lowest BCUT2D eigenvalue weighted by atomic mass is 10.1. The third-order valence-corrected chi connectivity index (χ3v) is 2.42. The van der Waals surface area contributed by atoms with Gasteiger partial charge in [-0.05, 0) is 34.1 Å². The van der Waals surface area contributed by atoms with Gasteiger partial charge in [-0.1, -0.05) is 6.92 Å². The van der Waals surface area contributed by atoms with Crippen molar-refractivity contribution >= 4 is 0 Å².